The second-order valence-corrected chi connectivity index (χ2v) is 3.10. The van der Waals surface area contributed by atoms with Gasteiger partial charge in [-0.25, -0.2) is 0 Å². The van der Waals surface area contributed by atoms with E-state index in [1.807, 2.05) is 0 Å². The molecule has 1 saturated heterocycles. The van der Waals surface area contributed by atoms with Crippen molar-refractivity contribution in [2.45, 2.75) is 18.4 Å². The van der Waals surface area contributed by atoms with Gasteiger partial charge in [0, 0.05) is 12.1 Å². The van der Waals surface area contributed by atoms with Gasteiger partial charge in [0.25, 0.3) is 0 Å². The van der Waals surface area contributed by atoms with E-state index in [9.17, 15) is 0 Å². The highest BCUT2D eigenvalue weighted by Gasteiger charge is 2.46. The summed E-state index contributed by atoms with van der Waals surface area (Å²) in [5.41, 5.74) is 6.17. The predicted octanol–water partition coefficient (Wildman–Crippen LogP) is -0.303. The van der Waals surface area contributed by atoms with Crippen LogP contribution in [0.3, 0.4) is 0 Å². The second kappa shape index (κ2) is 1.25. The Morgan fingerprint density at radius 1 is 1.62 bits per heavy atom. The van der Waals surface area contributed by atoms with E-state index in [1.54, 1.807) is 0 Å². The van der Waals surface area contributed by atoms with E-state index in [-0.39, 0.29) is 5.54 Å². The normalized spacial score (nSPS) is 52.9. The Bertz CT molecular complexity index is 113. The van der Waals surface area contributed by atoms with Gasteiger partial charge < -0.3 is 11.1 Å². The second-order valence-electron chi connectivity index (χ2n) is 3.10. The molecule has 3 N–H and O–H groups in total. The number of fused-ring (bicyclic) bond motifs is 1. The Kier molecular flexibility index (Phi) is 0.746. The zero-order valence-corrected chi connectivity index (χ0v) is 4.98. The average Bonchev–Trinajstić information content (AvgIpc) is 1.94. The van der Waals surface area contributed by atoms with Crippen LogP contribution in [-0.2, 0) is 0 Å². The molecule has 0 amide bonds. The molecular weight excluding hydrogens is 100 g/mol. The minimum Gasteiger partial charge on any atom is -0.324 e. The van der Waals surface area contributed by atoms with Gasteiger partial charge in [-0.2, -0.15) is 0 Å². The van der Waals surface area contributed by atoms with Crippen molar-refractivity contribution < 1.29 is 0 Å². The molecule has 8 heavy (non-hydrogen) atoms. The molecule has 46 valence electrons. The van der Waals surface area contributed by atoms with Crippen molar-refractivity contribution in [1.82, 2.24) is 5.32 Å². The van der Waals surface area contributed by atoms with Crippen LogP contribution in [0, 0.1) is 5.92 Å². The van der Waals surface area contributed by atoms with Gasteiger partial charge >= 0.3 is 0 Å². The molecule has 1 aliphatic heterocycles. The zero-order chi connectivity index (χ0) is 5.61. The molecule has 0 aromatic rings. The summed E-state index contributed by atoms with van der Waals surface area (Å²) in [7, 11) is 0. The SMILES string of the molecule is N[C@]12CC[C@H]1CNC2. The van der Waals surface area contributed by atoms with Gasteiger partial charge in [0.1, 0.15) is 0 Å². The molecule has 0 radical (unpaired) electrons. The lowest BCUT2D eigenvalue weighted by Crippen LogP contribution is -2.54. The third-order valence-corrected chi connectivity index (χ3v) is 2.62. The lowest BCUT2D eigenvalue weighted by Gasteiger charge is -2.40. The number of nitrogens with one attached hydrogen (secondary N) is 1. The van der Waals surface area contributed by atoms with Gasteiger partial charge in [-0.3, -0.25) is 0 Å². The van der Waals surface area contributed by atoms with E-state index in [4.69, 9.17) is 5.73 Å². The lowest BCUT2D eigenvalue weighted by molar-refractivity contribution is 0.189. The van der Waals surface area contributed by atoms with Gasteiger partial charge in [0.2, 0.25) is 0 Å². The Hall–Kier alpha value is -0.0800. The van der Waals surface area contributed by atoms with Crippen LogP contribution in [-0.4, -0.2) is 18.6 Å². The summed E-state index contributed by atoms with van der Waals surface area (Å²) >= 11 is 0. The number of hydrogen-bond acceptors (Lipinski definition) is 2. The van der Waals surface area contributed by atoms with E-state index in [0.29, 0.717) is 0 Å². The van der Waals surface area contributed by atoms with Crippen LogP contribution < -0.4 is 11.1 Å². The first-order valence-corrected chi connectivity index (χ1v) is 3.31. The first-order chi connectivity index (χ1) is 3.81. The van der Waals surface area contributed by atoms with Crippen molar-refractivity contribution in [1.29, 1.82) is 0 Å². The highest BCUT2D eigenvalue weighted by Crippen LogP contribution is 2.38. The summed E-state index contributed by atoms with van der Waals surface area (Å²) in [6.45, 7) is 2.22. The molecule has 1 heterocycles. The molecule has 2 aliphatic rings. The number of nitrogens with two attached hydrogens (primary N) is 1. The Morgan fingerprint density at radius 2 is 2.50 bits per heavy atom. The zero-order valence-electron chi connectivity index (χ0n) is 4.98. The van der Waals surface area contributed by atoms with Crippen LogP contribution in [0.2, 0.25) is 0 Å². The molecule has 2 atom stereocenters. The van der Waals surface area contributed by atoms with Crippen molar-refractivity contribution >= 4 is 0 Å². The summed E-state index contributed by atoms with van der Waals surface area (Å²) in [4.78, 5) is 0. The molecular formula is C6H12N2. The smallest absolute Gasteiger partial charge is 0.0321 e. The molecule has 2 nitrogen and oxygen atoms in total. The summed E-state index contributed by atoms with van der Waals surface area (Å²) < 4.78 is 0. The van der Waals surface area contributed by atoms with Crippen molar-refractivity contribution in [3.63, 3.8) is 0 Å². The molecule has 2 rings (SSSR count). The van der Waals surface area contributed by atoms with Crippen LogP contribution in [0.1, 0.15) is 12.8 Å². The quantitative estimate of drug-likeness (QED) is 0.451. The van der Waals surface area contributed by atoms with Gasteiger partial charge in [0.05, 0.1) is 0 Å². The van der Waals surface area contributed by atoms with Crippen LogP contribution in [0.4, 0.5) is 0 Å². The molecule has 2 fully saturated rings. The summed E-state index contributed by atoms with van der Waals surface area (Å²) in [5, 5.41) is 3.30. The summed E-state index contributed by atoms with van der Waals surface area (Å²) in [6.07, 6.45) is 2.59. The largest absolute Gasteiger partial charge is 0.324 e. The molecule has 0 spiro atoms. The van der Waals surface area contributed by atoms with Crippen LogP contribution in [0.15, 0.2) is 0 Å². The maximum Gasteiger partial charge on any atom is 0.0321 e. The maximum absolute atomic E-state index is 5.95. The van der Waals surface area contributed by atoms with Crippen LogP contribution in [0.5, 0.6) is 0 Å². The fraction of sp³-hybridized carbons (Fsp3) is 1.00. The van der Waals surface area contributed by atoms with Crippen LogP contribution >= 0.6 is 0 Å². The Labute approximate surface area is 49.4 Å². The Morgan fingerprint density at radius 3 is 2.75 bits per heavy atom. The first kappa shape index (κ1) is 4.77. The van der Waals surface area contributed by atoms with Crippen molar-refractivity contribution in [2.75, 3.05) is 13.1 Å². The van der Waals surface area contributed by atoms with Crippen LogP contribution in [0.25, 0.3) is 0 Å². The number of rotatable bonds is 0. The van der Waals surface area contributed by atoms with Crippen molar-refractivity contribution in [3.8, 4) is 0 Å². The van der Waals surface area contributed by atoms with E-state index in [1.165, 1.54) is 12.8 Å². The van der Waals surface area contributed by atoms with E-state index in [0.717, 1.165) is 19.0 Å². The monoisotopic (exact) mass is 112 g/mol. The van der Waals surface area contributed by atoms with Gasteiger partial charge in [-0.05, 0) is 25.3 Å². The fourth-order valence-electron chi connectivity index (χ4n) is 1.74. The van der Waals surface area contributed by atoms with Gasteiger partial charge in [-0.1, -0.05) is 0 Å². The fourth-order valence-corrected chi connectivity index (χ4v) is 1.74. The molecule has 0 bridgehead atoms. The number of hydrogen-bond donors (Lipinski definition) is 2. The Balaban J connectivity index is 2.14. The standard InChI is InChI=1S/C6H12N2/c7-6-2-1-5(6)3-8-4-6/h5,8H,1-4,7H2/t5-,6-/m0/s1. The molecule has 2 heteroatoms. The van der Waals surface area contributed by atoms with Crippen molar-refractivity contribution in [3.05, 3.63) is 0 Å². The minimum atomic E-state index is 0.222. The third-order valence-electron chi connectivity index (χ3n) is 2.62. The third kappa shape index (κ3) is 0.400. The molecule has 1 saturated carbocycles. The lowest BCUT2D eigenvalue weighted by atomic mass is 9.70. The molecule has 0 aromatic heterocycles. The van der Waals surface area contributed by atoms with Gasteiger partial charge in [0.15, 0.2) is 0 Å². The first-order valence-electron chi connectivity index (χ1n) is 3.31. The van der Waals surface area contributed by atoms with E-state index in [2.05, 4.69) is 5.32 Å². The topological polar surface area (TPSA) is 38.0 Å². The van der Waals surface area contributed by atoms with Crippen molar-refractivity contribution in [2.24, 2.45) is 11.7 Å². The predicted molar refractivity (Wildman–Crippen MR) is 32.5 cm³/mol. The average molecular weight is 112 g/mol. The van der Waals surface area contributed by atoms with E-state index >= 15 is 0 Å². The maximum atomic E-state index is 5.95. The minimum absolute atomic E-state index is 0.222. The highest BCUT2D eigenvalue weighted by atomic mass is 15.0. The molecule has 0 unspecified atom stereocenters. The molecule has 0 aromatic carbocycles. The highest BCUT2D eigenvalue weighted by molar-refractivity contribution is 5.07. The van der Waals surface area contributed by atoms with E-state index < -0.39 is 0 Å². The summed E-state index contributed by atoms with van der Waals surface area (Å²) in [6, 6.07) is 0. The molecule has 1 aliphatic carbocycles. The summed E-state index contributed by atoms with van der Waals surface area (Å²) in [5.74, 6) is 0.808. The van der Waals surface area contributed by atoms with Gasteiger partial charge in [-0.15, -0.1) is 0 Å².